The van der Waals surface area contributed by atoms with Gasteiger partial charge < -0.3 is 10.1 Å². The van der Waals surface area contributed by atoms with Crippen LogP contribution in [0.3, 0.4) is 0 Å². The number of alkyl carbamates (subject to hydrolysis) is 1. The summed E-state index contributed by atoms with van der Waals surface area (Å²) in [7, 11) is 0. The van der Waals surface area contributed by atoms with Crippen LogP contribution in [0.5, 0.6) is 0 Å². The maximum atomic E-state index is 12.8. The van der Waals surface area contributed by atoms with E-state index in [1.807, 2.05) is 0 Å². The van der Waals surface area contributed by atoms with E-state index in [1.54, 1.807) is 20.8 Å². The minimum Gasteiger partial charge on any atom is -0.444 e. The van der Waals surface area contributed by atoms with Crippen molar-refractivity contribution in [1.82, 2.24) is 5.32 Å². The van der Waals surface area contributed by atoms with Gasteiger partial charge in [-0.25, -0.2) is 13.6 Å². The van der Waals surface area contributed by atoms with E-state index in [0.29, 0.717) is 12.8 Å². The summed E-state index contributed by atoms with van der Waals surface area (Å²) in [5.41, 5.74) is -0.598. The van der Waals surface area contributed by atoms with Gasteiger partial charge in [0.25, 0.3) is 0 Å². The fourth-order valence-corrected chi connectivity index (χ4v) is 2.10. The van der Waals surface area contributed by atoms with Crippen LogP contribution >= 0.6 is 0 Å². The molecule has 0 unspecified atom stereocenters. The third kappa shape index (κ3) is 4.88. The average Bonchev–Trinajstić information content (AvgIpc) is 2.14. The van der Waals surface area contributed by atoms with E-state index in [-0.39, 0.29) is 0 Å². The number of halogens is 2. The Hall–Kier alpha value is -0.870. The summed E-state index contributed by atoms with van der Waals surface area (Å²) >= 11 is 0. The SMILES string of the molecule is CC(C)(C)OC(=O)N[C@@H]1CCCC[C@@H]1C(F)F. The second-order valence-corrected chi connectivity index (χ2v) is 5.54. The highest BCUT2D eigenvalue weighted by atomic mass is 19.3. The molecule has 1 aliphatic rings. The molecule has 0 aromatic heterocycles. The van der Waals surface area contributed by atoms with Crippen LogP contribution in [0.15, 0.2) is 0 Å². The van der Waals surface area contributed by atoms with Crippen LogP contribution < -0.4 is 5.32 Å². The number of carbonyl (C=O) groups excluding carboxylic acids is 1. The van der Waals surface area contributed by atoms with Crippen LogP contribution in [0.25, 0.3) is 0 Å². The number of carbonyl (C=O) groups is 1. The van der Waals surface area contributed by atoms with Crippen molar-refractivity contribution in [3.05, 3.63) is 0 Å². The Bertz CT molecular complexity index is 264. The van der Waals surface area contributed by atoms with E-state index >= 15 is 0 Å². The molecule has 2 atom stereocenters. The van der Waals surface area contributed by atoms with Crippen molar-refractivity contribution in [2.24, 2.45) is 5.92 Å². The van der Waals surface area contributed by atoms with Crippen LogP contribution in [0.2, 0.25) is 0 Å². The number of amides is 1. The van der Waals surface area contributed by atoms with Gasteiger partial charge in [-0.15, -0.1) is 0 Å². The molecule has 0 saturated heterocycles. The van der Waals surface area contributed by atoms with E-state index in [4.69, 9.17) is 4.74 Å². The van der Waals surface area contributed by atoms with E-state index in [9.17, 15) is 13.6 Å². The summed E-state index contributed by atoms with van der Waals surface area (Å²) < 4.78 is 30.6. The normalized spacial score (nSPS) is 25.8. The molecular formula is C12H21F2NO2. The highest BCUT2D eigenvalue weighted by molar-refractivity contribution is 5.68. The van der Waals surface area contributed by atoms with Gasteiger partial charge in [-0.05, 0) is 33.6 Å². The average molecular weight is 249 g/mol. The van der Waals surface area contributed by atoms with Crippen molar-refractivity contribution < 1.29 is 18.3 Å². The molecular weight excluding hydrogens is 228 g/mol. The number of hydrogen-bond donors (Lipinski definition) is 1. The van der Waals surface area contributed by atoms with Crippen molar-refractivity contribution in [2.75, 3.05) is 0 Å². The standard InChI is InChI=1S/C12H21F2NO2/c1-12(2,3)17-11(16)15-9-7-5-4-6-8(9)10(13)14/h8-10H,4-7H2,1-3H3,(H,15,16)/t8-,9+/m0/s1. The number of rotatable bonds is 2. The fourth-order valence-electron chi connectivity index (χ4n) is 2.10. The number of nitrogens with one attached hydrogen (secondary N) is 1. The monoisotopic (exact) mass is 249 g/mol. The summed E-state index contributed by atoms with van der Waals surface area (Å²) in [5, 5.41) is 2.57. The molecule has 0 aromatic rings. The Morgan fingerprint density at radius 1 is 1.29 bits per heavy atom. The molecule has 1 N–H and O–H groups in total. The molecule has 1 saturated carbocycles. The molecule has 0 heterocycles. The molecule has 0 spiro atoms. The lowest BCUT2D eigenvalue weighted by molar-refractivity contribution is 0.0209. The van der Waals surface area contributed by atoms with E-state index in [2.05, 4.69) is 5.32 Å². The smallest absolute Gasteiger partial charge is 0.407 e. The summed E-state index contributed by atoms with van der Waals surface area (Å²) in [5.74, 6) is -0.740. The van der Waals surface area contributed by atoms with Crippen molar-refractivity contribution in [3.8, 4) is 0 Å². The molecule has 3 nitrogen and oxygen atoms in total. The topological polar surface area (TPSA) is 38.3 Å². The quantitative estimate of drug-likeness (QED) is 0.815. The molecule has 100 valence electrons. The highest BCUT2D eigenvalue weighted by Gasteiger charge is 2.33. The van der Waals surface area contributed by atoms with Crippen molar-refractivity contribution in [3.63, 3.8) is 0 Å². The zero-order chi connectivity index (χ0) is 13.1. The predicted octanol–water partition coefficient (Wildman–Crippen LogP) is 3.34. The Morgan fingerprint density at radius 3 is 2.41 bits per heavy atom. The first-order chi connectivity index (χ1) is 7.79. The lowest BCUT2D eigenvalue weighted by atomic mass is 9.85. The molecule has 0 aromatic carbocycles. The third-order valence-corrected chi connectivity index (χ3v) is 2.85. The first kappa shape index (κ1) is 14.2. The fraction of sp³-hybridized carbons (Fsp3) is 0.917. The van der Waals surface area contributed by atoms with Crippen molar-refractivity contribution >= 4 is 6.09 Å². The van der Waals surface area contributed by atoms with Gasteiger partial charge in [0.05, 0.1) is 0 Å². The number of hydrogen-bond acceptors (Lipinski definition) is 2. The Kier molecular flexibility index (Phi) is 4.71. The van der Waals surface area contributed by atoms with Crippen LogP contribution in [-0.2, 0) is 4.74 Å². The van der Waals surface area contributed by atoms with Gasteiger partial charge in [0.1, 0.15) is 5.60 Å². The van der Waals surface area contributed by atoms with Gasteiger partial charge in [-0.1, -0.05) is 12.8 Å². The summed E-state index contributed by atoms with van der Waals surface area (Å²) in [6.07, 6.45) is -0.220. The summed E-state index contributed by atoms with van der Waals surface area (Å²) in [6, 6.07) is -0.460. The first-order valence-electron chi connectivity index (χ1n) is 6.07. The highest BCUT2D eigenvalue weighted by Crippen LogP contribution is 2.29. The largest absolute Gasteiger partial charge is 0.444 e. The van der Waals surface area contributed by atoms with Gasteiger partial charge in [0.2, 0.25) is 6.43 Å². The van der Waals surface area contributed by atoms with E-state index in [0.717, 1.165) is 12.8 Å². The van der Waals surface area contributed by atoms with Crippen LogP contribution in [0, 0.1) is 5.92 Å². The van der Waals surface area contributed by atoms with Gasteiger partial charge in [-0.3, -0.25) is 0 Å². The second-order valence-electron chi connectivity index (χ2n) is 5.54. The Morgan fingerprint density at radius 2 is 1.88 bits per heavy atom. The molecule has 1 rings (SSSR count). The molecule has 0 aliphatic heterocycles. The predicted molar refractivity (Wildman–Crippen MR) is 61.1 cm³/mol. The molecule has 0 bridgehead atoms. The minimum atomic E-state index is -2.38. The summed E-state index contributed by atoms with van der Waals surface area (Å²) in [6.45, 7) is 5.24. The molecule has 17 heavy (non-hydrogen) atoms. The molecule has 1 fully saturated rings. The van der Waals surface area contributed by atoms with Crippen LogP contribution in [0.4, 0.5) is 13.6 Å². The van der Waals surface area contributed by atoms with E-state index < -0.39 is 30.1 Å². The number of ether oxygens (including phenoxy) is 1. The molecule has 1 aliphatic carbocycles. The maximum absolute atomic E-state index is 12.8. The van der Waals surface area contributed by atoms with E-state index in [1.165, 1.54) is 0 Å². The van der Waals surface area contributed by atoms with Crippen LogP contribution in [0.1, 0.15) is 46.5 Å². The third-order valence-electron chi connectivity index (χ3n) is 2.85. The molecule has 0 radical (unpaired) electrons. The second kappa shape index (κ2) is 5.65. The molecule has 1 amide bonds. The first-order valence-corrected chi connectivity index (χ1v) is 6.07. The zero-order valence-corrected chi connectivity index (χ0v) is 10.6. The van der Waals surface area contributed by atoms with Crippen molar-refractivity contribution in [2.45, 2.75) is 64.5 Å². The number of alkyl halides is 2. The lowest BCUT2D eigenvalue weighted by Crippen LogP contribution is -2.46. The minimum absolute atomic E-state index is 0.460. The van der Waals surface area contributed by atoms with Gasteiger partial charge >= 0.3 is 6.09 Å². The van der Waals surface area contributed by atoms with Gasteiger partial charge in [0.15, 0.2) is 0 Å². The van der Waals surface area contributed by atoms with Crippen molar-refractivity contribution in [1.29, 1.82) is 0 Å². The Labute approximate surface area is 101 Å². The van der Waals surface area contributed by atoms with Gasteiger partial charge in [-0.2, -0.15) is 0 Å². The summed E-state index contributed by atoms with van der Waals surface area (Å²) in [4.78, 5) is 11.5. The van der Waals surface area contributed by atoms with Crippen LogP contribution in [-0.4, -0.2) is 24.2 Å². The zero-order valence-electron chi connectivity index (χ0n) is 10.6. The Balaban J connectivity index is 2.50. The van der Waals surface area contributed by atoms with Gasteiger partial charge in [0, 0.05) is 12.0 Å². The molecule has 5 heteroatoms. The maximum Gasteiger partial charge on any atom is 0.407 e. The lowest BCUT2D eigenvalue weighted by Gasteiger charge is -2.32.